The molecule has 94 valence electrons. The van der Waals surface area contributed by atoms with Crippen LogP contribution in [0.2, 0.25) is 15.3 Å². The van der Waals surface area contributed by atoms with E-state index in [-0.39, 0.29) is 0 Å². The quantitative estimate of drug-likeness (QED) is 0.855. The van der Waals surface area contributed by atoms with Gasteiger partial charge in [-0.25, -0.2) is 0 Å². The maximum Gasteiger partial charge on any atom is 0.175 e. The summed E-state index contributed by atoms with van der Waals surface area (Å²) in [5.41, 5.74) is 1.86. The molecular weight excluding hydrogens is 293 g/mol. The minimum absolute atomic E-state index is 0.317. The highest BCUT2D eigenvalue weighted by atomic mass is 35.5. The average Bonchev–Trinajstić information content (AvgIpc) is 2.35. The molecule has 0 saturated heterocycles. The summed E-state index contributed by atoms with van der Waals surface area (Å²) in [6.45, 7) is 0.679. The molecule has 0 atom stereocenters. The molecule has 0 aliphatic rings. The van der Waals surface area contributed by atoms with Gasteiger partial charge in [-0.05, 0) is 17.7 Å². The van der Waals surface area contributed by atoms with E-state index in [0.29, 0.717) is 21.9 Å². The van der Waals surface area contributed by atoms with E-state index in [1.54, 1.807) is 6.07 Å². The molecule has 6 heteroatoms. The molecule has 0 N–H and O–H groups in total. The van der Waals surface area contributed by atoms with Crippen molar-refractivity contribution in [3.8, 4) is 0 Å². The first kappa shape index (κ1) is 13.4. The minimum Gasteiger partial charge on any atom is -0.368 e. The Bertz CT molecular complexity index is 543. The van der Waals surface area contributed by atoms with Gasteiger partial charge in [-0.2, -0.15) is 0 Å². The van der Waals surface area contributed by atoms with E-state index in [4.69, 9.17) is 34.8 Å². The van der Waals surface area contributed by atoms with E-state index in [2.05, 4.69) is 10.2 Å². The van der Waals surface area contributed by atoms with Crippen LogP contribution in [0, 0.1) is 0 Å². The SMILES string of the molecule is CN(Cc1ccc(Cl)cc1)c1cc(Cl)nnc1Cl. The second-order valence-electron chi connectivity index (χ2n) is 3.83. The monoisotopic (exact) mass is 301 g/mol. The van der Waals surface area contributed by atoms with Crippen LogP contribution in [-0.2, 0) is 6.54 Å². The summed E-state index contributed by atoms with van der Waals surface area (Å²) in [5.74, 6) is 0. The molecule has 1 heterocycles. The van der Waals surface area contributed by atoms with Crippen molar-refractivity contribution in [2.24, 2.45) is 0 Å². The Hall–Kier alpha value is -1.03. The van der Waals surface area contributed by atoms with Gasteiger partial charge in [0.15, 0.2) is 10.3 Å². The summed E-state index contributed by atoms with van der Waals surface area (Å²) < 4.78 is 0. The van der Waals surface area contributed by atoms with Gasteiger partial charge in [-0.15, -0.1) is 10.2 Å². The first-order valence-electron chi connectivity index (χ1n) is 5.20. The number of nitrogens with zero attached hydrogens (tertiary/aromatic N) is 3. The van der Waals surface area contributed by atoms with E-state index in [0.717, 1.165) is 11.3 Å². The highest BCUT2D eigenvalue weighted by molar-refractivity contribution is 6.33. The zero-order chi connectivity index (χ0) is 13.1. The summed E-state index contributed by atoms with van der Waals surface area (Å²) in [4.78, 5) is 1.95. The van der Waals surface area contributed by atoms with Gasteiger partial charge in [0, 0.05) is 24.7 Å². The largest absolute Gasteiger partial charge is 0.368 e. The van der Waals surface area contributed by atoms with E-state index in [1.165, 1.54) is 0 Å². The van der Waals surface area contributed by atoms with Crippen molar-refractivity contribution in [3.05, 3.63) is 51.2 Å². The van der Waals surface area contributed by atoms with Crippen molar-refractivity contribution >= 4 is 40.5 Å². The molecule has 0 spiro atoms. The fourth-order valence-corrected chi connectivity index (χ4v) is 2.06. The molecule has 2 rings (SSSR count). The molecular formula is C12H10Cl3N3. The van der Waals surface area contributed by atoms with E-state index in [9.17, 15) is 0 Å². The van der Waals surface area contributed by atoms with Gasteiger partial charge in [0.2, 0.25) is 0 Å². The number of rotatable bonds is 3. The lowest BCUT2D eigenvalue weighted by molar-refractivity contribution is 0.903. The fourth-order valence-electron chi connectivity index (χ4n) is 1.56. The van der Waals surface area contributed by atoms with Crippen molar-refractivity contribution in [1.82, 2.24) is 10.2 Å². The lowest BCUT2D eigenvalue weighted by Gasteiger charge is -2.19. The van der Waals surface area contributed by atoms with E-state index in [1.807, 2.05) is 36.2 Å². The highest BCUT2D eigenvalue weighted by Crippen LogP contribution is 2.25. The molecule has 0 saturated carbocycles. The van der Waals surface area contributed by atoms with Crippen molar-refractivity contribution in [1.29, 1.82) is 0 Å². The standard InChI is InChI=1S/C12H10Cl3N3/c1-18(7-8-2-4-9(13)5-3-8)10-6-11(14)16-17-12(10)15/h2-6H,7H2,1H3. The van der Waals surface area contributed by atoms with Gasteiger partial charge in [0.25, 0.3) is 0 Å². The molecule has 18 heavy (non-hydrogen) atoms. The molecule has 0 fully saturated rings. The first-order chi connectivity index (χ1) is 8.56. The third kappa shape index (κ3) is 3.25. The topological polar surface area (TPSA) is 29.0 Å². The number of halogens is 3. The van der Waals surface area contributed by atoms with Crippen molar-refractivity contribution in [2.45, 2.75) is 6.54 Å². The Balaban J connectivity index is 2.18. The van der Waals surface area contributed by atoms with Crippen LogP contribution in [0.15, 0.2) is 30.3 Å². The lowest BCUT2D eigenvalue weighted by atomic mass is 10.2. The van der Waals surface area contributed by atoms with Crippen molar-refractivity contribution < 1.29 is 0 Å². The Morgan fingerprint density at radius 3 is 2.39 bits per heavy atom. The van der Waals surface area contributed by atoms with Gasteiger partial charge in [0.1, 0.15) is 0 Å². The molecule has 1 aromatic carbocycles. The second-order valence-corrected chi connectivity index (χ2v) is 5.01. The number of anilines is 1. The molecule has 2 aromatic rings. The van der Waals surface area contributed by atoms with Crippen LogP contribution in [0.3, 0.4) is 0 Å². The smallest absolute Gasteiger partial charge is 0.175 e. The summed E-state index contributed by atoms with van der Waals surface area (Å²) in [6.07, 6.45) is 0. The third-order valence-corrected chi connectivity index (χ3v) is 3.15. The molecule has 0 amide bonds. The predicted octanol–water partition coefficient (Wildman–Crippen LogP) is 4.07. The summed E-state index contributed by atoms with van der Waals surface area (Å²) in [7, 11) is 1.91. The number of benzene rings is 1. The zero-order valence-corrected chi connectivity index (χ0v) is 11.8. The Morgan fingerprint density at radius 2 is 1.72 bits per heavy atom. The third-order valence-electron chi connectivity index (χ3n) is 2.44. The van der Waals surface area contributed by atoms with Gasteiger partial charge < -0.3 is 4.90 Å². The number of aromatic nitrogens is 2. The summed E-state index contributed by atoms with van der Waals surface area (Å²) in [6, 6.07) is 9.31. The van der Waals surface area contributed by atoms with Crippen LogP contribution < -0.4 is 4.90 Å². The predicted molar refractivity (Wildman–Crippen MR) is 75.6 cm³/mol. The molecule has 3 nitrogen and oxygen atoms in total. The van der Waals surface area contributed by atoms with Gasteiger partial charge in [-0.1, -0.05) is 46.9 Å². The van der Waals surface area contributed by atoms with E-state index >= 15 is 0 Å². The Labute approximate surface area is 120 Å². The van der Waals surface area contributed by atoms with Gasteiger partial charge in [-0.3, -0.25) is 0 Å². The molecule has 0 aliphatic carbocycles. The normalized spacial score (nSPS) is 10.4. The van der Waals surface area contributed by atoms with Gasteiger partial charge in [0.05, 0.1) is 5.69 Å². The van der Waals surface area contributed by atoms with Crippen LogP contribution in [0.5, 0.6) is 0 Å². The van der Waals surface area contributed by atoms with Crippen LogP contribution in [0.1, 0.15) is 5.56 Å². The van der Waals surface area contributed by atoms with Gasteiger partial charge >= 0.3 is 0 Å². The zero-order valence-electron chi connectivity index (χ0n) is 9.57. The average molecular weight is 303 g/mol. The number of hydrogen-bond donors (Lipinski definition) is 0. The molecule has 0 aliphatic heterocycles. The van der Waals surface area contributed by atoms with E-state index < -0.39 is 0 Å². The molecule has 1 aromatic heterocycles. The fraction of sp³-hybridized carbons (Fsp3) is 0.167. The molecule has 0 radical (unpaired) electrons. The van der Waals surface area contributed by atoms with Crippen LogP contribution in [0.25, 0.3) is 0 Å². The van der Waals surface area contributed by atoms with Crippen molar-refractivity contribution in [3.63, 3.8) is 0 Å². The Kier molecular flexibility index (Phi) is 4.27. The highest BCUT2D eigenvalue weighted by Gasteiger charge is 2.09. The number of hydrogen-bond acceptors (Lipinski definition) is 3. The minimum atomic E-state index is 0.317. The first-order valence-corrected chi connectivity index (χ1v) is 6.34. The molecule has 0 unspecified atom stereocenters. The summed E-state index contributed by atoms with van der Waals surface area (Å²) >= 11 is 17.6. The van der Waals surface area contributed by atoms with Crippen LogP contribution in [0.4, 0.5) is 5.69 Å². The maximum absolute atomic E-state index is 5.99. The van der Waals surface area contributed by atoms with Crippen LogP contribution in [-0.4, -0.2) is 17.2 Å². The molecule has 0 bridgehead atoms. The lowest BCUT2D eigenvalue weighted by Crippen LogP contribution is -2.17. The Morgan fingerprint density at radius 1 is 1.06 bits per heavy atom. The maximum atomic E-state index is 5.99. The van der Waals surface area contributed by atoms with Crippen molar-refractivity contribution in [2.75, 3.05) is 11.9 Å². The van der Waals surface area contributed by atoms with Crippen LogP contribution >= 0.6 is 34.8 Å². The second kappa shape index (κ2) is 5.74. The summed E-state index contributed by atoms with van der Waals surface area (Å²) in [5, 5.41) is 8.82.